The quantitative estimate of drug-likeness (QED) is 0.238. The number of hydrogen-bond donors (Lipinski definition) is 1. The summed E-state index contributed by atoms with van der Waals surface area (Å²) in [5.74, 6) is -1.04. The molecule has 0 bridgehead atoms. The van der Waals surface area contributed by atoms with Gasteiger partial charge in [0, 0.05) is 12.5 Å². The van der Waals surface area contributed by atoms with E-state index >= 15 is 0 Å². The zero-order valence-corrected chi connectivity index (χ0v) is 14.4. The van der Waals surface area contributed by atoms with E-state index in [0.29, 0.717) is 13.0 Å². The molecule has 0 aromatic rings. The fraction of sp³-hybridized carbons (Fsp3) is 0.778. The summed E-state index contributed by atoms with van der Waals surface area (Å²) in [5.41, 5.74) is 0. The number of esters is 1. The molecule has 1 N–H and O–H groups in total. The van der Waals surface area contributed by atoms with Crippen molar-refractivity contribution in [1.29, 1.82) is 0 Å². The Balaban J connectivity index is 0.000000841. The standard InChI is InChI=1S/C15H28O3.C3H4O2/c1-2-3-4-5-6-7-8-9-10-11-15(16)18-13-14-12-17-14;1-2-3(4)5/h14H,2-13H2,1H3;2H,1H2,(H,4,5). The molecular weight excluding hydrogens is 296 g/mol. The molecule has 23 heavy (non-hydrogen) atoms. The van der Waals surface area contributed by atoms with Gasteiger partial charge in [0.15, 0.2) is 0 Å². The van der Waals surface area contributed by atoms with Crippen molar-refractivity contribution in [2.45, 2.75) is 77.2 Å². The number of aliphatic carboxylic acids is 1. The Hall–Kier alpha value is -1.36. The van der Waals surface area contributed by atoms with E-state index in [9.17, 15) is 9.59 Å². The zero-order valence-electron chi connectivity index (χ0n) is 14.4. The first kappa shape index (κ1) is 21.6. The van der Waals surface area contributed by atoms with Crippen LogP contribution in [0.3, 0.4) is 0 Å². The van der Waals surface area contributed by atoms with Crippen LogP contribution in [-0.4, -0.2) is 36.4 Å². The van der Waals surface area contributed by atoms with E-state index in [1.165, 1.54) is 44.9 Å². The SMILES string of the molecule is C=CC(=O)O.CCCCCCCCCCCC(=O)OCC1CO1. The summed E-state index contributed by atoms with van der Waals surface area (Å²) in [7, 11) is 0. The third-order valence-electron chi connectivity index (χ3n) is 3.49. The molecule has 1 aliphatic heterocycles. The largest absolute Gasteiger partial charge is 0.478 e. The summed E-state index contributed by atoms with van der Waals surface area (Å²) in [6.45, 7) is 6.42. The van der Waals surface area contributed by atoms with Gasteiger partial charge in [-0.25, -0.2) is 4.79 Å². The van der Waals surface area contributed by atoms with Crippen LogP contribution in [-0.2, 0) is 19.1 Å². The normalized spacial score (nSPS) is 15.3. The third-order valence-corrected chi connectivity index (χ3v) is 3.49. The number of carbonyl (C=O) groups is 2. The van der Waals surface area contributed by atoms with E-state index in [0.717, 1.165) is 25.5 Å². The number of hydrogen-bond acceptors (Lipinski definition) is 4. The van der Waals surface area contributed by atoms with Crippen molar-refractivity contribution in [3.8, 4) is 0 Å². The van der Waals surface area contributed by atoms with Crippen LogP contribution in [0, 0.1) is 0 Å². The highest BCUT2D eigenvalue weighted by molar-refractivity contribution is 5.78. The minimum absolute atomic E-state index is 0.0616. The molecule has 1 saturated heterocycles. The first-order valence-corrected chi connectivity index (χ1v) is 8.72. The lowest BCUT2D eigenvalue weighted by Crippen LogP contribution is -2.09. The van der Waals surface area contributed by atoms with Crippen molar-refractivity contribution in [3.05, 3.63) is 12.7 Å². The molecule has 0 spiro atoms. The predicted molar refractivity (Wildman–Crippen MR) is 90.4 cm³/mol. The average molecular weight is 328 g/mol. The molecule has 1 atom stereocenters. The van der Waals surface area contributed by atoms with Gasteiger partial charge < -0.3 is 14.6 Å². The van der Waals surface area contributed by atoms with E-state index in [4.69, 9.17) is 14.6 Å². The molecule has 5 nitrogen and oxygen atoms in total. The first-order valence-electron chi connectivity index (χ1n) is 8.72. The molecule has 1 fully saturated rings. The highest BCUT2D eigenvalue weighted by Gasteiger charge is 2.23. The zero-order chi connectivity index (χ0) is 17.3. The molecular formula is C18H32O5. The maximum Gasteiger partial charge on any atom is 0.327 e. The number of carbonyl (C=O) groups excluding carboxylic acids is 1. The van der Waals surface area contributed by atoms with Gasteiger partial charge in [0.25, 0.3) is 0 Å². The Morgan fingerprint density at radius 3 is 2.04 bits per heavy atom. The molecule has 0 radical (unpaired) electrons. The van der Waals surface area contributed by atoms with Crippen molar-refractivity contribution >= 4 is 11.9 Å². The number of carboxylic acid groups (broad SMARTS) is 1. The van der Waals surface area contributed by atoms with Crippen LogP contribution in [0.2, 0.25) is 0 Å². The second kappa shape index (κ2) is 15.5. The summed E-state index contributed by atoms with van der Waals surface area (Å²) < 4.78 is 10.1. The third kappa shape index (κ3) is 18.6. The minimum Gasteiger partial charge on any atom is -0.478 e. The summed E-state index contributed by atoms with van der Waals surface area (Å²) in [6.07, 6.45) is 13.1. The molecule has 0 aromatic heterocycles. The van der Waals surface area contributed by atoms with Crippen LogP contribution in [0.4, 0.5) is 0 Å². The van der Waals surface area contributed by atoms with Crippen LogP contribution < -0.4 is 0 Å². The van der Waals surface area contributed by atoms with E-state index in [1.807, 2.05) is 0 Å². The van der Waals surface area contributed by atoms with Gasteiger partial charge in [0.2, 0.25) is 0 Å². The van der Waals surface area contributed by atoms with Gasteiger partial charge in [-0.2, -0.15) is 0 Å². The molecule has 1 rings (SSSR count). The molecule has 0 aliphatic carbocycles. The van der Waals surface area contributed by atoms with Crippen LogP contribution in [0.5, 0.6) is 0 Å². The van der Waals surface area contributed by atoms with Crippen molar-refractivity contribution in [3.63, 3.8) is 0 Å². The monoisotopic (exact) mass is 328 g/mol. The summed E-state index contributed by atoms with van der Waals surface area (Å²) >= 11 is 0. The maximum atomic E-state index is 11.3. The van der Waals surface area contributed by atoms with Gasteiger partial charge >= 0.3 is 11.9 Å². The Labute approximate surface area is 140 Å². The average Bonchev–Trinajstić information content (AvgIpc) is 3.36. The lowest BCUT2D eigenvalue weighted by molar-refractivity contribution is -0.144. The molecule has 1 heterocycles. The van der Waals surface area contributed by atoms with Crippen molar-refractivity contribution in [2.24, 2.45) is 0 Å². The summed E-state index contributed by atoms with van der Waals surface area (Å²) in [5, 5.41) is 7.60. The number of rotatable bonds is 13. The van der Waals surface area contributed by atoms with E-state index in [1.54, 1.807) is 0 Å². The molecule has 0 aromatic carbocycles. The van der Waals surface area contributed by atoms with Gasteiger partial charge in [0.05, 0.1) is 6.61 Å². The fourth-order valence-electron chi connectivity index (χ4n) is 2.00. The molecule has 5 heteroatoms. The number of unbranched alkanes of at least 4 members (excludes halogenated alkanes) is 8. The lowest BCUT2D eigenvalue weighted by Gasteiger charge is -2.03. The summed E-state index contributed by atoms with van der Waals surface area (Å²) in [4.78, 5) is 20.6. The predicted octanol–water partition coefficient (Wildman–Crippen LogP) is 4.11. The number of carboxylic acids is 1. The molecule has 0 amide bonds. The molecule has 1 aliphatic rings. The second-order valence-corrected chi connectivity index (χ2v) is 5.76. The lowest BCUT2D eigenvalue weighted by atomic mass is 10.1. The van der Waals surface area contributed by atoms with Crippen molar-refractivity contribution < 1.29 is 24.2 Å². The van der Waals surface area contributed by atoms with Gasteiger partial charge in [-0.3, -0.25) is 4.79 Å². The number of ether oxygens (including phenoxy) is 2. The minimum atomic E-state index is -0.981. The Morgan fingerprint density at radius 2 is 1.61 bits per heavy atom. The van der Waals surface area contributed by atoms with Crippen LogP contribution in [0.1, 0.15) is 71.1 Å². The van der Waals surface area contributed by atoms with E-state index in [2.05, 4.69) is 13.5 Å². The Bertz CT molecular complexity index is 323. The van der Waals surface area contributed by atoms with Crippen molar-refractivity contribution in [1.82, 2.24) is 0 Å². The van der Waals surface area contributed by atoms with Gasteiger partial charge in [-0.15, -0.1) is 0 Å². The second-order valence-electron chi connectivity index (χ2n) is 5.76. The highest BCUT2D eigenvalue weighted by atomic mass is 16.6. The van der Waals surface area contributed by atoms with E-state index in [-0.39, 0.29) is 12.1 Å². The highest BCUT2D eigenvalue weighted by Crippen LogP contribution is 2.12. The van der Waals surface area contributed by atoms with E-state index < -0.39 is 5.97 Å². The van der Waals surface area contributed by atoms with Gasteiger partial charge in [0.1, 0.15) is 12.7 Å². The topological polar surface area (TPSA) is 76.1 Å². The fourth-order valence-corrected chi connectivity index (χ4v) is 2.00. The Kier molecular flexibility index (Phi) is 14.6. The van der Waals surface area contributed by atoms with Crippen LogP contribution in [0.15, 0.2) is 12.7 Å². The molecule has 134 valence electrons. The van der Waals surface area contributed by atoms with Crippen LogP contribution in [0.25, 0.3) is 0 Å². The Morgan fingerprint density at radius 1 is 1.13 bits per heavy atom. The smallest absolute Gasteiger partial charge is 0.327 e. The van der Waals surface area contributed by atoms with Gasteiger partial charge in [-0.05, 0) is 6.42 Å². The van der Waals surface area contributed by atoms with Crippen molar-refractivity contribution in [2.75, 3.05) is 13.2 Å². The number of epoxide rings is 1. The molecule has 0 saturated carbocycles. The molecule has 1 unspecified atom stereocenters. The summed E-state index contributed by atoms with van der Waals surface area (Å²) in [6, 6.07) is 0. The van der Waals surface area contributed by atoms with Gasteiger partial charge in [-0.1, -0.05) is 64.9 Å². The van der Waals surface area contributed by atoms with Crippen LogP contribution >= 0.6 is 0 Å². The maximum absolute atomic E-state index is 11.3. The first-order chi connectivity index (χ1) is 11.1.